The van der Waals surface area contributed by atoms with Crippen LogP contribution in [-0.4, -0.2) is 29.5 Å². The minimum Gasteiger partial charge on any atom is -0.497 e. The number of hydrogen-bond donors (Lipinski definition) is 1. The van der Waals surface area contributed by atoms with Crippen molar-refractivity contribution in [2.75, 3.05) is 19.5 Å². The van der Waals surface area contributed by atoms with E-state index in [4.69, 9.17) is 9.47 Å². The monoisotopic (exact) mass is 365 g/mol. The van der Waals surface area contributed by atoms with Crippen LogP contribution < -0.4 is 14.8 Å². The lowest BCUT2D eigenvalue weighted by atomic mass is 10.2. The van der Waals surface area contributed by atoms with Crippen LogP contribution in [0.4, 0.5) is 18.9 Å². The molecule has 26 heavy (non-hydrogen) atoms. The van der Waals surface area contributed by atoms with Crippen LogP contribution >= 0.6 is 0 Å². The molecule has 0 atom stereocenters. The number of nitrogens with zero attached hydrogens (tertiary/aromatic N) is 2. The van der Waals surface area contributed by atoms with Gasteiger partial charge in [-0.05, 0) is 24.3 Å². The molecule has 0 aliphatic carbocycles. The van der Waals surface area contributed by atoms with Crippen molar-refractivity contribution < 1.29 is 27.4 Å². The molecule has 9 heteroatoms. The van der Waals surface area contributed by atoms with Crippen LogP contribution in [-0.2, 0) is 6.18 Å². The number of rotatable bonds is 4. The van der Waals surface area contributed by atoms with Crippen LogP contribution in [0.2, 0.25) is 0 Å². The molecule has 3 aromatic rings. The smallest absolute Gasteiger partial charge is 0.435 e. The number of amides is 1. The first-order valence-corrected chi connectivity index (χ1v) is 7.43. The van der Waals surface area contributed by atoms with Crippen molar-refractivity contribution in [2.24, 2.45) is 0 Å². The molecule has 2 heterocycles. The fourth-order valence-corrected chi connectivity index (χ4v) is 2.51. The van der Waals surface area contributed by atoms with E-state index in [-0.39, 0.29) is 11.4 Å². The number of carbonyl (C=O) groups is 1. The summed E-state index contributed by atoms with van der Waals surface area (Å²) >= 11 is 0. The molecule has 0 radical (unpaired) electrons. The van der Waals surface area contributed by atoms with E-state index >= 15 is 0 Å². The van der Waals surface area contributed by atoms with E-state index in [1.54, 1.807) is 12.1 Å². The molecule has 0 aliphatic rings. The van der Waals surface area contributed by atoms with Gasteiger partial charge in [-0.2, -0.15) is 13.2 Å². The van der Waals surface area contributed by atoms with Crippen LogP contribution in [0.15, 0.2) is 42.6 Å². The van der Waals surface area contributed by atoms with E-state index in [1.165, 1.54) is 44.7 Å². The Balaban J connectivity index is 2.11. The summed E-state index contributed by atoms with van der Waals surface area (Å²) in [6, 6.07) is 9.22. The summed E-state index contributed by atoms with van der Waals surface area (Å²) in [7, 11) is 2.76. The van der Waals surface area contributed by atoms with Crippen LogP contribution in [0.1, 0.15) is 16.2 Å². The quantitative estimate of drug-likeness (QED) is 0.767. The Morgan fingerprint density at radius 2 is 1.92 bits per heavy atom. The summed E-state index contributed by atoms with van der Waals surface area (Å²) < 4.78 is 51.4. The predicted octanol–water partition coefficient (Wildman–Crippen LogP) is 3.62. The Bertz CT molecular complexity index is 967. The average molecular weight is 365 g/mol. The van der Waals surface area contributed by atoms with Crippen molar-refractivity contribution >= 4 is 17.2 Å². The van der Waals surface area contributed by atoms with Crippen molar-refractivity contribution in [3.8, 4) is 11.5 Å². The maximum absolute atomic E-state index is 13.4. The number of aromatic nitrogens is 2. The number of ether oxygens (including phenoxy) is 2. The number of alkyl halides is 3. The molecule has 136 valence electrons. The molecule has 1 N–H and O–H groups in total. The number of halogens is 3. The minimum absolute atomic E-state index is 0.0990. The summed E-state index contributed by atoms with van der Waals surface area (Å²) in [5, 5.41) is 2.44. The highest BCUT2D eigenvalue weighted by atomic mass is 19.4. The highest BCUT2D eigenvalue weighted by molar-refractivity contribution is 6.04. The Kier molecular flexibility index (Phi) is 4.45. The Morgan fingerprint density at radius 1 is 1.15 bits per heavy atom. The lowest BCUT2D eigenvalue weighted by Gasteiger charge is -2.10. The second kappa shape index (κ2) is 6.58. The number of methoxy groups -OCH3 is 2. The summed E-state index contributed by atoms with van der Waals surface area (Å²) in [4.78, 5) is 16.2. The maximum atomic E-state index is 13.4. The number of anilines is 1. The van der Waals surface area contributed by atoms with Gasteiger partial charge in [0.2, 0.25) is 0 Å². The van der Waals surface area contributed by atoms with Gasteiger partial charge in [0.1, 0.15) is 11.4 Å². The number of nitrogens with one attached hydrogen (secondary N) is 1. The summed E-state index contributed by atoms with van der Waals surface area (Å²) in [5.41, 5.74) is -1.73. The number of benzene rings is 1. The van der Waals surface area contributed by atoms with E-state index in [9.17, 15) is 18.0 Å². The average Bonchev–Trinajstić information content (AvgIpc) is 3.02. The Morgan fingerprint density at radius 3 is 2.58 bits per heavy atom. The fourth-order valence-electron chi connectivity index (χ4n) is 2.51. The number of imidazole rings is 1. The zero-order chi connectivity index (χ0) is 18.9. The van der Waals surface area contributed by atoms with Crippen molar-refractivity contribution in [3.63, 3.8) is 0 Å². The van der Waals surface area contributed by atoms with Crippen LogP contribution in [0.5, 0.6) is 11.5 Å². The molecule has 0 fully saturated rings. The number of hydrogen-bond acceptors (Lipinski definition) is 4. The SMILES string of the molecule is COc1cccc(NC(=O)c2c(C(F)(F)F)nc3c(OC)cccn23)c1. The summed E-state index contributed by atoms with van der Waals surface area (Å²) in [6.07, 6.45) is -3.49. The van der Waals surface area contributed by atoms with Crippen molar-refractivity contribution in [3.05, 3.63) is 54.0 Å². The predicted molar refractivity (Wildman–Crippen MR) is 87.7 cm³/mol. The zero-order valence-electron chi connectivity index (χ0n) is 13.8. The molecule has 0 bridgehead atoms. The molecule has 1 aromatic carbocycles. The molecule has 1 amide bonds. The van der Waals surface area contributed by atoms with Gasteiger partial charge in [-0.25, -0.2) is 4.98 Å². The summed E-state index contributed by atoms with van der Waals surface area (Å²) in [5.74, 6) is -0.372. The highest BCUT2D eigenvalue weighted by Gasteiger charge is 2.40. The van der Waals surface area contributed by atoms with E-state index < -0.39 is 23.5 Å². The largest absolute Gasteiger partial charge is 0.497 e. The third kappa shape index (κ3) is 3.15. The van der Waals surface area contributed by atoms with E-state index in [0.717, 1.165) is 4.40 Å². The van der Waals surface area contributed by atoms with Crippen molar-refractivity contribution in [1.29, 1.82) is 0 Å². The standard InChI is InChI=1S/C17H14F3N3O3/c1-25-11-6-3-5-10(9-11)21-16(24)13-14(17(18,19)20)22-15-12(26-2)7-4-8-23(13)15/h3-9H,1-2H3,(H,21,24). The van der Waals surface area contributed by atoms with Gasteiger partial charge in [0.25, 0.3) is 5.91 Å². The van der Waals surface area contributed by atoms with Gasteiger partial charge in [0, 0.05) is 18.0 Å². The zero-order valence-corrected chi connectivity index (χ0v) is 13.8. The van der Waals surface area contributed by atoms with Gasteiger partial charge in [0.15, 0.2) is 17.1 Å². The van der Waals surface area contributed by atoms with Gasteiger partial charge in [-0.1, -0.05) is 6.07 Å². The van der Waals surface area contributed by atoms with Crippen LogP contribution in [0.3, 0.4) is 0 Å². The van der Waals surface area contributed by atoms with Gasteiger partial charge >= 0.3 is 6.18 Å². The molecule has 0 saturated carbocycles. The molecular formula is C17H14F3N3O3. The first kappa shape index (κ1) is 17.6. The number of pyridine rings is 1. The molecule has 6 nitrogen and oxygen atoms in total. The third-order valence-corrected chi connectivity index (χ3v) is 3.65. The first-order valence-electron chi connectivity index (χ1n) is 7.43. The normalized spacial score (nSPS) is 11.4. The molecule has 0 spiro atoms. The Hall–Kier alpha value is -3.23. The fraction of sp³-hybridized carbons (Fsp3) is 0.176. The van der Waals surface area contributed by atoms with Gasteiger partial charge in [-0.15, -0.1) is 0 Å². The molecule has 0 saturated heterocycles. The third-order valence-electron chi connectivity index (χ3n) is 3.65. The number of fused-ring (bicyclic) bond motifs is 1. The molecule has 0 unspecified atom stereocenters. The van der Waals surface area contributed by atoms with E-state index in [0.29, 0.717) is 11.4 Å². The topological polar surface area (TPSA) is 64.9 Å². The maximum Gasteiger partial charge on any atom is 0.435 e. The molecular weight excluding hydrogens is 351 g/mol. The molecule has 3 rings (SSSR count). The van der Waals surface area contributed by atoms with Gasteiger partial charge < -0.3 is 14.8 Å². The summed E-state index contributed by atoms with van der Waals surface area (Å²) in [6.45, 7) is 0. The molecule has 2 aromatic heterocycles. The lowest BCUT2D eigenvalue weighted by Crippen LogP contribution is -2.20. The van der Waals surface area contributed by atoms with E-state index in [1.807, 2.05) is 0 Å². The van der Waals surface area contributed by atoms with Crippen LogP contribution in [0.25, 0.3) is 5.65 Å². The van der Waals surface area contributed by atoms with Crippen LogP contribution in [0, 0.1) is 0 Å². The lowest BCUT2D eigenvalue weighted by molar-refractivity contribution is -0.141. The van der Waals surface area contributed by atoms with Gasteiger partial charge in [0.05, 0.1) is 14.2 Å². The highest BCUT2D eigenvalue weighted by Crippen LogP contribution is 2.34. The first-order chi connectivity index (χ1) is 12.3. The Labute approximate surface area is 146 Å². The second-order valence-corrected chi connectivity index (χ2v) is 5.26. The molecule has 0 aliphatic heterocycles. The second-order valence-electron chi connectivity index (χ2n) is 5.26. The number of carbonyl (C=O) groups excluding carboxylic acids is 1. The minimum atomic E-state index is -4.81. The van der Waals surface area contributed by atoms with E-state index in [2.05, 4.69) is 10.3 Å². The van der Waals surface area contributed by atoms with Crippen molar-refractivity contribution in [1.82, 2.24) is 9.38 Å². The van der Waals surface area contributed by atoms with Gasteiger partial charge in [-0.3, -0.25) is 9.20 Å². The van der Waals surface area contributed by atoms with Crippen molar-refractivity contribution in [2.45, 2.75) is 6.18 Å².